The van der Waals surface area contributed by atoms with Gasteiger partial charge in [0, 0.05) is 0 Å². The highest BCUT2D eigenvalue weighted by molar-refractivity contribution is 5.74. The number of ether oxygens (including phenoxy) is 1. The van der Waals surface area contributed by atoms with Gasteiger partial charge in [0.1, 0.15) is 6.10 Å². The fraction of sp³-hybridized carbons (Fsp3) is 0.800. The number of hydrogen-bond acceptors (Lipinski definition) is 5. The first-order valence-electron chi connectivity index (χ1n) is 2.68. The lowest BCUT2D eigenvalue weighted by Gasteiger charge is -2.11. The van der Waals surface area contributed by atoms with E-state index in [0.717, 1.165) is 7.11 Å². The largest absolute Gasteiger partial charge is 0.467 e. The second kappa shape index (κ2) is 4.21. The van der Waals surface area contributed by atoms with E-state index in [-0.39, 0.29) is 0 Å². The van der Waals surface area contributed by atoms with Gasteiger partial charge in [-0.2, -0.15) is 0 Å². The van der Waals surface area contributed by atoms with Crippen LogP contribution in [0.5, 0.6) is 0 Å². The number of rotatable bonds is 3. The van der Waals surface area contributed by atoms with Gasteiger partial charge in [-0.1, -0.05) is 0 Å². The Kier molecular flexibility index (Phi) is 3.94. The molecule has 5 nitrogen and oxygen atoms in total. The molecule has 0 spiro atoms. The van der Waals surface area contributed by atoms with E-state index in [2.05, 4.69) is 4.74 Å². The highest BCUT2D eigenvalue weighted by Gasteiger charge is 2.23. The third-order valence-corrected chi connectivity index (χ3v) is 0.994. The Bertz CT molecular complexity index is 113. The van der Waals surface area contributed by atoms with Crippen LogP contribution in [0.2, 0.25) is 0 Å². The van der Waals surface area contributed by atoms with Crippen LogP contribution in [0.3, 0.4) is 0 Å². The molecule has 5 heteroatoms. The van der Waals surface area contributed by atoms with Crippen LogP contribution in [0.1, 0.15) is 0 Å². The van der Waals surface area contributed by atoms with Crippen molar-refractivity contribution in [2.75, 3.05) is 13.7 Å². The van der Waals surface area contributed by atoms with E-state index < -0.39 is 24.8 Å². The van der Waals surface area contributed by atoms with Gasteiger partial charge in [-0.3, -0.25) is 0 Å². The van der Waals surface area contributed by atoms with Crippen molar-refractivity contribution in [3.8, 4) is 0 Å². The van der Waals surface area contributed by atoms with Gasteiger partial charge in [0.2, 0.25) is 0 Å². The zero-order valence-electron chi connectivity index (χ0n) is 5.52. The second-order valence-corrected chi connectivity index (χ2v) is 1.72. The summed E-state index contributed by atoms with van der Waals surface area (Å²) in [6.07, 6.45) is -3.12. The molecular weight excluding hydrogens is 140 g/mol. The maximum Gasteiger partial charge on any atom is 0.337 e. The topological polar surface area (TPSA) is 87.0 Å². The maximum absolute atomic E-state index is 10.4. The summed E-state index contributed by atoms with van der Waals surface area (Å²) in [4.78, 5) is 10.4. The lowest BCUT2D eigenvalue weighted by Crippen LogP contribution is -2.37. The maximum atomic E-state index is 10.4. The Hall–Kier alpha value is -0.650. The highest BCUT2D eigenvalue weighted by atomic mass is 16.5. The Labute approximate surface area is 57.9 Å². The van der Waals surface area contributed by atoms with Gasteiger partial charge >= 0.3 is 5.97 Å². The Morgan fingerprint density at radius 1 is 1.60 bits per heavy atom. The standard InChI is InChI=1S/C5H10O5/c1-10-5(9)4(8)3(7)2-6/h3-4,6-8H,2H2,1H3/t3-,4+/m1/s1. The molecule has 0 aliphatic heterocycles. The third-order valence-electron chi connectivity index (χ3n) is 0.994. The number of carbonyl (C=O) groups excluding carboxylic acids is 1. The molecule has 60 valence electrons. The van der Waals surface area contributed by atoms with E-state index in [1.54, 1.807) is 0 Å². The summed E-state index contributed by atoms with van der Waals surface area (Å²) in [7, 11) is 1.08. The summed E-state index contributed by atoms with van der Waals surface area (Å²) in [5, 5.41) is 25.6. The van der Waals surface area contributed by atoms with Crippen LogP contribution in [0, 0.1) is 0 Å². The van der Waals surface area contributed by atoms with Gasteiger partial charge in [-0.05, 0) is 0 Å². The van der Waals surface area contributed by atoms with E-state index in [9.17, 15) is 4.79 Å². The van der Waals surface area contributed by atoms with Crippen LogP contribution in [0.15, 0.2) is 0 Å². The normalized spacial score (nSPS) is 16.0. The highest BCUT2D eigenvalue weighted by Crippen LogP contribution is 1.93. The van der Waals surface area contributed by atoms with Crippen molar-refractivity contribution >= 4 is 5.97 Å². The molecule has 0 saturated heterocycles. The molecule has 0 aliphatic carbocycles. The van der Waals surface area contributed by atoms with Crippen molar-refractivity contribution in [3.63, 3.8) is 0 Å². The SMILES string of the molecule is COC(=O)[C@@H](O)[C@H](O)CO. The predicted octanol–water partition coefficient (Wildman–Crippen LogP) is -2.13. The lowest BCUT2D eigenvalue weighted by atomic mass is 10.2. The molecule has 0 heterocycles. The van der Waals surface area contributed by atoms with Gasteiger partial charge in [0.05, 0.1) is 13.7 Å². The molecule has 0 bridgehead atoms. The first-order chi connectivity index (χ1) is 4.63. The fourth-order valence-electron chi connectivity index (χ4n) is 0.378. The molecule has 0 aromatic carbocycles. The predicted molar refractivity (Wildman–Crippen MR) is 31.1 cm³/mol. The van der Waals surface area contributed by atoms with Crippen molar-refractivity contribution in [1.82, 2.24) is 0 Å². The summed E-state index contributed by atoms with van der Waals surface area (Å²) in [6, 6.07) is 0. The molecule has 0 amide bonds. The lowest BCUT2D eigenvalue weighted by molar-refractivity contribution is -0.158. The molecule has 0 aromatic heterocycles. The van der Waals surface area contributed by atoms with Crippen LogP contribution in [0.4, 0.5) is 0 Å². The van der Waals surface area contributed by atoms with Crippen LogP contribution in [0.25, 0.3) is 0 Å². The van der Waals surface area contributed by atoms with Crippen molar-refractivity contribution < 1.29 is 24.9 Å². The number of methoxy groups -OCH3 is 1. The molecule has 0 fully saturated rings. The molecule has 3 N–H and O–H groups in total. The van der Waals surface area contributed by atoms with E-state index in [4.69, 9.17) is 15.3 Å². The van der Waals surface area contributed by atoms with Crippen molar-refractivity contribution in [2.45, 2.75) is 12.2 Å². The Balaban J connectivity index is 3.81. The average Bonchev–Trinajstić information content (AvgIpc) is 2.00. The number of aliphatic hydroxyl groups excluding tert-OH is 3. The molecule has 0 aromatic rings. The van der Waals surface area contributed by atoms with E-state index in [1.807, 2.05) is 0 Å². The molecule has 0 saturated carbocycles. The molecule has 0 radical (unpaired) electrons. The van der Waals surface area contributed by atoms with Gasteiger partial charge in [-0.25, -0.2) is 4.79 Å². The van der Waals surface area contributed by atoms with E-state index in [0.29, 0.717) is 0 Å². The van der Waals surface area contributed by atoms with Crippen LogP contribution in [-0.4, -0.2) is 47.2 Å². The van der Waals surface area contributed by atoms with Crippen LogP contribution in [-0.2, 0) is 9.53 Å². The zero-order valence-corrected chi connectivity index (χ0v) is 5.52. The van der Waals surface area contributed by atoms with Gasteiger partial charge < -0.3 is 20.1 Å². The van der Waals surface area contributed by atoms with Crippen LogP contribution < -0.4 is 0 Å². The molecule has 2 atom stereocenters. The summed E-state index contributed by atoms with van der Waals surface area (Å²) >= 11 is 0. The zero-order chi connectivity index (χ0) is 8.15. The first-order valence-corrected chi connectivity index (χ1v) is 2.68. The quantitative estimate of drug-likeness (QED) is 0.400. The van der Waals surface area contributed by atoms with Gasteiger partial charge in [0.15, 0.2) is 6.10 Å². The fourth-order valence-corrected chi connectivity index (χ4v) is 0.378. The van der Waals surface area contributed by atoms with E-state index >= 15 is 0 Å². The number of esters is 1. The second-order valence-electron chi connectivity index (χ2n) is 1.72. The summed E-state index contributed by atoms with van der Waals surface area (Å²) in [5.74, 6) is -0.957. The van der Waals surface area contributed by atoms with Crippen LogP contribution >= 0.6 is 0 Å². The average molecular weight is 150 g/mol. The molecular formula is C5H10O5. The van der Waals surface area contributed by atoms with Crippen molar-refractivity contribution in [1.29, 1.82) is 0 Å². The van der Waals surface area contributed by atoms with Gasteiger partial charge in [0.25, 0.3) is 0 Å². The number of aliphatic hydroxyl groups is 3. The van der Waals surface area contributed by atoms with Gasteiger partial charge in [-0.15, -0.1) is 0 Å². The van der Waals surface area contributed by atoms with Crippen molar-refractivity contribution in [3.05, 3.63) is 0 Å². The summed E-state index contributed by atoms with van der Waals surface area (Å²) in [5.41, 5.74) is 0. The monoisotopic (exact) mass is 150 g/mol. The Morgan fingerprint density at radius 3 is 2.40 bits per heavy atom. The smallest absolute Gasteiger partial charge is 0.337 e. The number of carbonyl (C=O) groups is 1. The molecule has 0 unspecified atom stereocenters. The molecule has 0 aliphatic rings. The summed E-state index contributed by atoms with van der Waals surface area (Å²) in [6.45, 7) is -0.670. The van der Waals surface area contributed by atoms with Crippen molar-refractivity contribution in [2.24, 2.45) is 0 Å². The van der Waals surface area contributed by atoms with E-state index in [1.165, 1.54) is 0 Å². The first kappa shape index (κ1) is 9.35. The summed E-state index contributed by atoms with van der Waals surface area (Å²) < 4.78 is 4.07. The minimum atomic E-state index is -1.66. The molecule has 0 rings (SSSR count). The molecule has 10 heavy (non-hydrogen) atoms. The number of hydrogen-bond donors (Lipinski definition) is 3. The third kappa shape index (κ3) is 2.30. The minimum absolute atomic E-state index is 0.670. The minimum Gasteiger partial charge on any atom is -0.467 e. The Morgan fingerprint density at radius 2 is 2.10 bits per heavy atom.